The molecule has 2 unspecified atom stereocenters. The first kappa shape index (κ1) is 65.2. The first-order valence-corrected chi connectivity index (χ1v) is 29.9. The van der Waals surface area contributed by atoms with E-state index in [0.717, 1.165) is 44.9 Å². The van der Waals surface area contributed by atoms with E-state index in [-0.39, 0.29) is 28.8 Å². The van der Waals surface area contributed by atoms with Crippen molar-refractivity contribution in [2.45, 2.75) is 368 Å². The van der Waals surface area contributed by atoms with Crippen LogP contribution < -0.4 is 5.32 Å². The van der Waals surface area contributed by atoms with Gasteiger partial charge in [0.1, 0.15) is 5.60 Å². The van der Waals surface area contributed by atoms with Crippen molar-refractivity contribution >= 4 is 6.09 Å². The maximum absolute atomic E-state index is 13.7. The molecule has 0 aromatic carbocycles. The Hall–Kier alpha value is -0.810. The predicted molar refractivity (Wildman–Crippen MR) is 292 cm³/mol. The van der Waals surface area contributed by atoms with Gasteiger partial charge in [0, 0.05) is 13.2 Å². The largest absolute Gasteiger partial charge is 0.443 e. The van der Waals surface area contributed by atoms with Crippen LogP contribution in [0.25, 0.3) is 0 Å². The van der Waals surface area contributed by atoms with Crippen molar-refractivity contribution in [3.05, 3.63) is 0 Å². The maximum Gasteiger partial charge on any atom is 0.407 e. The van der Waals surface area contributed by atoms with Gasteiger partial charge >= 0.3 is 6.09 Å². The van der Waals surface area contributed by atoms with Crippen LogP contribution in [0.5, 0.6) is 0 Å². The van der Waals surface area contributed by atoms with E-state index < -0.39 is 5.60 Å². The number of hydrogen-bond donors (Lipinski definition) is 1. The zero-order valence-corrected chi connectivity index (χ0v) is 47.3. The average Bonchev–Trinajstić information content (AvgIpc) is 3.27. The Morgan fingerprint density at radius 1 is 0.424 bits per heavy atom. The molecule has 5 heteroatoms. The minimum Gasteiger partial charge on any atom is -0.443 e. The highest BCUT2D eigenvalue weighted by molar-refractivity contribution is 5.68. The maximum atomic E-state index is 13.7. The molecule has 0 aromatic rings. The van der Waals surface area contributed by atoms with Gasteiger partial charge in [-0.1, -0.05) is 273 Å². The number of nitrogens with one attached hydrogen (secondary N) is 1. The molecular formula is C61H123NO4. The van der Waals surface area contributed by atoms with E-state index >= 15 is 0 Å². The van der Waals surface area contributed by atoms with E-state index in [2.05, 4.69) is 74.6 Å². The predicted octanol–water partition coefficient (Wildman–Crippen LogP) is 20.9. The SMILES string of the molecule is CCCCCCCCCCCCCCCCCCCCC(CCCCCCCCCCCCCCCCCCCC)NC(=O)OC(C)(CC)CC(C)(C)CC(C)(CC)OCCC(C)(C)OC. The molecule has 0 bridgehead atoms. The number of ether oxygens (including phenoxy) is 3. The van der Waals surface area contributed by atoms with E-state index in [9.17, 15) is 4.79 Å². The normalized spacial score (nSPS) is 14.2. The van der Waals surface area contributed by atoms with Gasteiger partial charge in [-0.2, -0.15) is 0 Å². The standard InChI is InChI=1S/C61H123NO4/c1-12-16-18-20-22-24-26-28-30-32-34-36-38-40-42-44-46-48-50-56(51-49-47-45-43-41-39-37-35-33-31-29-27-25-23-21-19-17-13-2)62-57(63)66-61(10,15-4)55-58(5,6)54-60(9,14-3)65-53-52-59(7,8)64-11/h56H,12-55H2,1-11H3,(H,62,63). The first-order chi connectivity index (χ1) is 31.7. The smallest absolute Gasteiger partial charge is 0.407 e. The molecule has 0 aliphatic rings. The molecule has 0 aliphatic heterocycles. The summed E-state index contributed by atoms with van der Waals surface area (Å²) in [6.45, 7) is 22.9. The molecule has 1 amide bonds. The third-order valence-electron chi connectivity index (χ3n) is 15.4. The number of methoxy groups -OCH3 is 1. The zero-order valence-electron chi connectivity index (χ0n) is 47.3. The number of amides is 1. The Labute approximate surface area is 416 Å². The van der Waals surface area contributed by atoms with Crippen molar-refractivity contribution in [1.82, 2.24) is 5.32 Å². The number of carbonyl (C=O) groups excluding carboxylic acids is 1. The highest BCUT2D eigenvalue weighted by Gasteiger charge is 2.39. The van der Waals surface area contributed by atoms with Gasteiger partial charge in [0.05, 0.1) is 17.8 Å². The van der Waals surface area contributed by atoms with E-state index in [0.29, 0.717) is 6.61 Å². The zero-order chi connectivity index (χ0) is 49.1. The van der Waals surface area contributed by atoms with Crippen LogP contribution in [-0.2, 0) is 14.2 Å². The summed E-state index contributed by atoms with van der Waals surface area (Å²) in [5.74, 6) is 0. The van der Waals surface area contributed by atoms with Crippen molar-refractivity contribution in [2.75, 3.05) is 13.7 Å². The minimum absolute atomic E-state index is 0.0636. The van der Waals surface area contributed by atoms with Crippen LogP contribution >= 0.6 is 0 Å². The molecule has 0 spiro atoms. The summed E-state index contributed by atoms with van der Waals surface area (Å²) in [5.41, 5.74) is -1.03. The van der Waals surface area contributed by atoms with Crippen molar-refractivity contribution in [2.24, 2.45) is 5.41 Å². The molecule has 0 saturated carbocycles. The van der Waals surface area contributed by atoms with Gasteiger partial charge < -0.3 is 19.5 Å². The summed E-state index contributed by atoms with van der Waals surface area (Å²) in [6.07, 6.45) is 56.4. The molecule has 0 aromatic heterocycles. The third kappa shape index (κ3) is 41.0. The summed E-state index contributed by atoms with van der Waals surface area (Å²) >= 11 is 0. The summed E-state index contributed by atoms with van der Waals surface area (Å²) in [6, 6.07) is 0.196. The molecular weight excluding hydrogens is 811 g/mol. The number of unbranched alkanes of at least 4 members (excludes halogenated alkanes) is 34. The topological polar surface area (TPSA) is 56.8 Å². The van der Waals surface area contributed by atoms with Crippen LogP contribution in [-0.4, -0.2) is 42.7 Å². The summed E-state index contributed by atoms with van der Waals surface area (Å²) in [5, 5.41) is 3.42. The fourth-order valence-electron chi connectivity index (χ4n) is 10.5. The molecule has 0 rings (SSSR count). The Balaban J connectivity index is 4.81. The third-order valence-corrected chi connectivity index (χ3v) is 15.4. The Bertz CT molecular complexity index is 1000. The van der Waals surface area contributed by atoms with Gasteiger partial charge in [-0.25, -0.2) is 4.79 Å². The highest BCUT2D eigenvalue weighted by Crippen LogP contribution is 2.41. The van der Waals surface area contributed by atoms with Crippen molar-refractivity contribution < 1.29 is 19.0 Å². The van der Waals surface area contributed by atoms with Crippen LogP contribution in [0.15, 0.2) is 0 Å². The summed E-state index contributed by atoms with van der Waals surface area (Å²) in [7, 11) is 1.77. The second-order valence-electron chi connectivity index (χ2n) is 23.5. The Kier molecular flexibility index (Phi) is 42.5. The lowest BCUT2D eigenvalue weighted by Gasteiger charge is -2.42. The molecule has 0 heterocycles. The number of rotatable bonds is 51. The fraction of sp³-hybridized carbons (Fsp3) is 0.984. The molecule has 66 heavy (non-hydrogen) atoms. The fourth-order valence-corrected chi connectivity index (χ4v) is 10.5. The second kappa shape index (κ2) is 43.0. The Morgan fingerprint density at radius 2 is 0.712 bits per heavy atom. The van der Waals surface area contributed by atoms with E-state index in [1.165, 1.54) is 231 Å². The summed E-state index contributed by atoms with van der Waals surface area (Å²) in [4.78, 5) is 13.7. The molecule has 0 saturated heterocycles. The van der Waals surface area contributed by atoms with Gasteiger partial charge in [-0.15, -0.1) is 0 Å². The van der Waals surface area contributed by atoms with Crippen LogP contribution in [0.3, 0.4) is 0 Å². The average molecular weight is 935 g/mol. The molecule has 0 fully saturated rings. The number of hydrogen-bond acceptors (Lipinski definition) is 4. The van der Waals surface area contributed by atoms with E-state index in [4.69, 9.17) is 14.2 Å². The highest BCUT2D eigenvalue weighted by atomic mass is 16.6. The van der Waals surface area contributed by atoms with Crippen molar-refractivity contribution in [1.29, 1.82) is 0 Å². The lowest BCUT2D eigenvalue weighted by atomic mass is 9.72. The van der Waals surface area contributed by atoms with Gasteiger partial charge in [0.15, 0.2) is 0 Å². The number of carbonyl (C=O) groups is 1. The van der Waals surface area contributed by atoms with Gasteiger partial charge in [0.2, 0.25) is 0 Å². The molecule has 5 nitrogen and oxygen atoms in total. The lowest BCUT2D eigenvalue weighted by Crippen LogP contribution is -2.44. The van der Waals surface area contributed by atoms with Crippen molar-refractivity contribution in [3.8, 4) is 0 Å². The monoisotopic (exact) mass is 934 g/mol. The molecule has 0 radical (unpaired) electrons. The van der Waals surface area contributed by atoms with Gasteiger partial charge in [-0.05, 0) is 78.1 Å². The second-order valence-corrected chi connectivity index (χ2v) is 23.5. The quantitative estimate of drug-likeness (QED) is 0.0618. The van der Waals surface area contributed by atoms with Crippen LogP contribution in [0.2, 0.25) is 0 Å². The molecule has 2 atom stereocenters. The van der Waals surface area contributed by atoms with E-state index in [1.54, 1.807) is 7.11 Å². The minimum atomic E-state index is -0.536. The van der Waals surface area contributed by atoms with Gasteiger partial charge in [0.25, 0.3) is 0 Å². The van der Waals surface area contributed by atoms with Crippen LogP contribution in [0.4, 0.5) is 4.79 Å². The van der Waals surface area contributed by atoms with Crippen LogP contribution in [0, 0.1) is 5.41 Å². The molecule has 396 valence electrons. The number of alkyl carbamates (subject to hydrolysis) is 1. The molecule has 0 aliphatic carbocycles. The Morgan fingerprint density at radius 3 is 1.00 bits per heavy atom. The van der Waals surface area contributed by atoms with Crippen molar-refractivity contribution in [3.63, 3.8) is 0 Å². The van der Waals surface area contributed by atoms with E-state index in [1.807, 2.05) is 0 Å². The first-order valence-electron chi connectivity index (χ1n) is 29.9. The van der Waals surface area contributed by atoms with Gasteiger partial charge in [-0.3, -0.25) is 0 Å². The lowest BCUT2D eigenvalue weighted by molar-refractivity contribution is -0.0952. The summed E-state index contributed by atoms with van der Waals surface area (Å²) < 4.78 is 18.6. The molecule has 1 N–H and O–H groups in total. The van der Waals surface area contributed by atoms with Crippen LogP contribution in [0.1, 0.15) is 345 Å².